The van der Waals surface area contributed by atoms with Crippen molar-refractivity contribution in [3.8, 4) is 28.6 Å². The number of ether oxygens (including phenoxy) is 5. The van der Waals surface area contributed by atoms with Crippen LogP contribution in [0.3, 0.4) is 0 Å². The summed E-state index contributed by atoms with van der Waals surface area (Å²) < 4.78 is 29.7. The first kappa shape index (κ1) is 27.0. The van der Waals surface area contributed by atoms with Gasteiger partial charge in [-0.2, -0.15) is 0 Å². The molecule has 0 saturated carbocycles. The fourth-order valence-electron chi connectivity index (χ4n) is 4.60. The maximum absolute atomic E-state index is 13.0. The fraction of sp³-hybridized carbons (Fsp3) is 0.429. The van der Waals surface area contributed by atoms with Crippen LogP contribution in [0.15, 0.2) is 40.9 Å². The number of rotatable bonds is 4. The third-order valence-electron chi connectivity index (χ3n) is 6.17. The Kier molecular flexibility index (Phi) is 6.82. The number of hydrogen-bond donors (Lipinski definition) is 0. The van der Waals surface area contributed by atoms with Crippen LogP contribution >= 0.6 is 15.9 Å². The van der Waals surface area contributed by atoms with E-state index >= 15 is 0 Å². The van der Waals surface area contributed by atoms with E-state index in [1.807, 2.05) is 50.2 Å². The van der Waals surface area contributed by atoms with Crippen molar-refractivity contribution in [2.75, 3.05) is 13.7 Å². The summed E-state index contributed by atoms with van der Waals surface area (Å²) in [4.78, 5) is 36.6. The predicted octanol–water partition coefficient (Wildman–Crippen LogP) is 5.50. The second kappa shape index (κ2) is 9.86. The molecule has 2 atom stereocenters. The Bertz CT molecular complexity index is 1450. The number of esters is 1. The smallest absolute Gasteiger partial charge is 0.411 e. The summed E-state index contributed by atoms with van der Waals surface area (Å²) >= 11 is 3.52. The lowest BCUT2D eigenvalue weighted by Crippen LogP contribution is -2.44. The number of nitrogens with zero attached hydrogens (tertiary/aromatic N) is 3. The predicted molar refractivity (Wildman–Crippen MR) is 146 cm³/mol. The Morgan fingerprint density at radius 3 is 2.59 bits per heavy atom. The van der Waals surface area contributed by atoms with E-state index in [2.05, 4.69) is 15.9 Å². The maximum Gasteiger partial charge on any atom is 0.411 e. The molecular formula is C28H30BrN3O7. The minimum absolute atomic E-state index is 0.103. The number of fused-ring (bicyclic) bond motifs is 3. The topological polar surface area (TPSA) is 109 Å². The second-order valence-electron chi connectivity index (χ2n) is 10.9. The quantitative estimate of drug-likeness (QED) is 0.359. The molecule has 3 aromatic rings. The molecule has 11 heteroatoms. The molecule has 2 aliphatic rings. The third-order valence-corrected chi connectivity index (χ3v) is 6.66. The summed E-state index contributed by atoms with van der Waals surface area (Å²) in [5.41, 5.74) is 1.64. The molecular weight excluding hydrogens is 570 g/mol. The van der Waals surface area contributed by atoms with Crippen LogP contribution in [0.5, 0.6) is 17.4 Å². The SMILES string of the molecule is COC(=O)C1C[C@@H](Oc2nc3c4c(ccc3nc2-c2cccc(Br)c2)OC(C)(C)O4)CN1C(=O)OC(C)(C)C. The highest BCUT2D eigenvalue weighted by Gasteiger charge is 2.44. The normalized spacial score (nSPS) is 19.7. The van der Waals surface area contributed by atoms with Crippen molar-refractivity contribution in [2.24, 2.45) is 0 Å². The van der Waals surface area contributed by atoms with Gasteiger partial charge in [0.25, 0.3) is 0 Å². The van der Waals surface area contributed by atoms with Gasteiger partial charge in [-0.15, -0.1) is 0 Å². The van der Waals surface area contributed by atoms with Gasteiger partial charge < -0.3 is 23.7 Å². The summed E-state index contributed by atoms with van der Waals surface area (Å²) in [5.74, 6) is -0.123. The molecule has 0 bridgehead atoms. The molecule has 39 heavy (non-hydrogen) atoms. The average molecular weight is 600 g/mol. The zero-order valence-electron chi connectivity index (χ0n) is 22.6. The van der Waals surface area contributed by atoms with Crippen LogP contribution in [0.4, 0.5) is 4.79 Å². The zero-order valence-corrected chi connectivity index (χ0v) is 24.2. The van der Waals surface area contributed by atoms with Crippen molar-refractivity contribution >= 4 is 39.0 Å². The number of carbonyl (C=O) groups is 2. The number of halogens is 1. The van der Waals surface area contributed by atoms with Crippen LogP contribution in [0.25, 0.3) is 22.3 Å². The summed E-state index contributed by atoms with van der Waals surface area (Å²) in [6, 6.07) is 10.4. The Balaban J connectivity index is 1.55. The minimum atomic E-state index is -0.862. The fourth-order valence-corrected chi connectivity index (χ4v) is 5.00. The summed E-state index contributed by atoms with van der Waals surface area (Å²) in [7, 11) is 1.29. The number of benzene rings is 2. The van der Waals surface area contributed by atoms with Gasteiger partial charge in [-0.1, -0.05) is 28.1 Å². The third kappa shape index (κ3) is 5.59. The number of amides is 1. The minimum Gasteiger partial charge on any atom is -0.471 e. The highest BCUT2D eigenvalue weighted by atomic mass is 79.9. The molecule has 1 unspecified atom stereocenters. The molecule has 0 spiro atoms. The zero-order chi connectivity index (χ0) is 28.1. The molecule has 2 aromatic carbocycles. The number of likely N-dealkylation sites (tertiary alicyclic amines) is 1. The van der Waals surface area contributed by atoms with Gasteiger partial charge in [0.15, 0.2) is 11.5 Å². The van der Waals surface area contributed by atoms with E-state index in [0.29, 0.717) is 28.2 Å². The van der Waals surface area contributed by atoms with E-state index in [1.165, 1.54) is 12.0 Å². The lowest BCUT2D eigenvalue weighted by Gasteiger charge is -2.27. The van der Waals surface area contributed by atoms with Gasteiger partial charge in [-0.3, -0.25) is 4.90 Å². The number of carbonyl (C=O) groups excluding carboxylic acids is 2. The van der Waals surface area contributed by atoms with Gasteiger partial charge in [0.1, 0.15) is 29.0 Å². The second-order valence-corrected chi connectivity index (χ2v) is 11.8. The standard InChI is InChI=1S/C28H30BrN3O7/c1-27(2,3)39-26(34)32-14-17(13-19(32)25(33)35-6)36-24-21(15-8-7-9-16(29)12-15)30-18-10-11-20-23(22(18)31-24)38-28(4,5)37-20/h7-12,17,19H,13-14H2,1-6H3/t17-,19?/m1/s1. The molecule has 5 rings (SSSR count). The van der Waals surface area contributed by atoms with E-state index in [9.17, 15) is 9.59 Å². The summed E-state index contributed by atoms with van der Waals surface area (Å²) in [5, 5.41) is 0. The van der Waals surface area contributed by atoms with Crippen LogP contribution in [0.2, 0.25) is 0 Å². The highest BCUT2D eigenvalue weighted by molar-refractivity contribution is 9.10. The maximum atomic E-state index is 13.0. The van der Waals surface area contributed by atoms with E-state index in [4.69, 9.17) is 33.7 Å². The van der Waals surface area contributed by atoms with Crippen molar-refractivity contribution in [2.45, 2.75) is 64.6 Å². The van der Waals surface area contributed by atoms with Crippen LogP contribution in [0.1, 0.15) is 41.0 Å². The first-order valence-corrected chi connectivity index (χ1v) is 13.4. The van der Waals surface area contributed by atoms with Gasteiger partial charge in [0.2, 0.25) is 11.7 Å². The first-order valence-electron chi connectivity index (χ1n) is 12.6. The first-order chi connectivity index (χ1) is 18.3. The molecule has 1 amide bonds. The Morgan fingerprint density at radius 1 is 1.13 bits per heavy atom. The van der Waals surface area contributed by atoms with E-state index < -0.39 is 35.6 Å². The van der Waals surface area contributed by atoms with Crippen LogP contribution in [0, 0.1) is 0 Å². The number of aromatic nitrogens is 2. The van der Waals surface area contributed by atoms with Crippen LogP contribution in [-0.2, 0) is 14.3 Å². The van der Waals surface area contributed by atoms with E-state index in [0.717, 1.165) is 10.0 Å². The van der Waals surface area contributed by atoms with Crippen molar-refractivity contribution in [1.82, 2.24) is 14.9 Å². The molecule has 10 nitrogen and oxygen atoms in total. The van der Waals surface area contributed by atoms with Gasteiger partial charge in [0.05, 0.1) is 19.2 Å². The molecule has 1 saturated heterocycles. The lowest BCUT2D eigenvalue weighted by atomic mass is 10.1. The largest absolute Gasteiger partial charge is 0.471 e. The number of hydrogen-bond acceptors (Lipinski definition) is 9. The molecule has 0 aliphatic carbocycles. The van der Waals surface area contributed by atoms with Gasteiger partial charge in [-0.05, 0) is 45.0 Å². The Hall–Kier alpha value is -3.60. The molecule has 1 aromatic heterocycles. The van der Waals surface area contributed by atoms with Crippen molar-refractivity contribution < 1.29 is 33.3 Å². The van der Waals surface area contributed by atoms with Gasteiger partial charge >= 0.3 is 12.1 Å². The molecule has 1 fully saturated rings. The molecule has 0 radical (unpaired) electrons. The average Bonchev–Trinajstić information content (AvgIpc) is 3.42. The van der Waals surface area contributed by atoms with Gasteiger partial charge in [-0.25, -0.2) is 19.6 Å². The van der Waals surface area contributed by atoms with Crippen molar-refractivity contribution in [3.63, 3.8) is 0 Å². The van der Waals surface area contributed by atoms with E-state index in [-0.39, 0.29) is 18.8 Å². The van der Waals surface area contributed by atoms with E-state index in [1.54, 1.807) is 20.8 Å². The van der Waals surface area contributed by atoms with Crippen molar-refractivity contribution in [3.05, 3.63) is 40.9 Å². The van der Waals surface area contributed by atoms with Gasteiger partial charge in [0, 0.05) is 30.3 Å². The summed E-state index contributed by atoms with van der Waals surface area (Å²) in [6.45, 7) is 9.03. The monoisotopic (exact) mass is 599 g/mol. The Labute approximate surface area is 234 Å². The molecule has 0 N–H and O–H groups in total. The van der Waals surface area contributed by atoms with Crippen LogP contribution in [-0.4, -0.2) is 64.1 Å². The molecule has 206 valence electrons. The lowest BCUT2D eigenvalue weighted by molar-refractivity contribution is -0.145. The number of methoxy groups -OCH3 is 1. The highest BCUT2D eigenvalue weighted by Crippen LogP contribution is 2.45. The Morgan fingerprint density at radius 2 is 1.90 bits per heavy atom. The summed E-state index contributed by atoms with van der Waals surface area (Å²) in [6.07, 6.45) is -1.00. The molecule has 2 aliphatic heterocycles. The van der Waals surface area contributed by atoms with Crippen LogP contribution < -0.4 is 14.2 Å². The molecule has 3 heterocycles. The van der Waals surface area contributed by atoms with Crippen molar-refractivity contribution in [1.29, 1.82) is 0 Å².